The molecule has 0 bridgehead atoms. The SMILES string of the molecule is S=C(S)[N]=[V]. The molecule has 0 heterocycles. The van der Waals surface area contributed by atoms with Crippen LogP contribution in [0.5, 0.6) is 0 Å². The molecule has 1 nitrogen and oxygen atoms in total. The van der Waals surface area contributed by atoms with E-state index in [4.69, 9.17) is 0 Å². The van der Waals surface area contributed by atoms with Crippen LogP contribution in [-0.4, -0.2) is 4.32 Å². The topological polar surface area (TPSA) is 12.4 Å². The summed E-state index contributed by atoms with van der Waals surface area (Å²) in [6.45, 7) is 0. The van der Waals surface area contributed by atoms with Crippen molar-refractivity contribution < 1.29 is 17.2 Å². The Balaban J connectivity index is 3.20. The van der Waals surface area contributed by atoms with Gasteiger partial charge in [0.05, 0.1) is 0 Å². The van der Waals surface area contributed by atoms with Crippen LogP contribution in [0.4, 0.5) is 0 Å². The van der Waals surface area contributed by atoms with Gasteiger partial charge in [0.15, 0.2) is 0 Å². The second kappa shape index (κ2) is 3.03. The third kappa shape index (κ3) is 4.82. The molecule has 0 amide bonds. The number of hydrogen-bond acceptors (Lipinski definition) is 1. The molecular formula is CHNS2V. The molecule has 27 valence electrons. The molecule has 0 spiro atoms. The quantitative estimate of drug-likeness (QED) is 0.392. The Labute approximate surface area is 50.3 Å². The van der Waals surface area contributed by atoms with Crippen LogP contribution in [0.25, 0.3) is 0 Å². The average molecular weight is 142 g/mol. The first-order valence-corrected chi connectivity index (χ1v) is 2.33. The zero-order valence-electron chi connectivity index (χ0n) is 2.25. The average Bonchev–Trinajstić information content (AvgIpc) is 1.38. The first-order chi connectivity index (χ1) is 2.27. The zero-order chi connectivity index (χ0) is 4.28. The van der Waals surface area contributed by atoms with Crippen LogP contribution in [0, 0.1) is 0 Å². The third-order valence-electron chi connectivity index (χ3n) is 0.0855. The molecular weight excluding hydrogens is 141 g/mol. The van der Waals surface area contributed by atoms with Crippen LogP contribution in [0.3, 0.4) is 0 Å². The molecule has 0 aromatic rings. The minimum absolute atomic E-state index is 0.380. The van der Waals surface area contributed by atoms with Crippen LogP contribution in [-0.2, 0) is 17.2 Å². The molecule has 0 aliphatic heterocycles. The van der Waals surface area contributed by atoms with Crippen molar-refractivity contribution in [1.82, 2.24) is 0 Å². The molecule has 0 aromatic heterocycles. The number of thiocarbonyl (C=S) groups is 1. The Morgan fingerprint density at radius 2 is 2.20 bits per heavy atom. The summed E-state index contributed by atoms with van der Waals surface area (Å²) in [5.74, 6) is 0. The van der Waals surface area contributed by atoms with Gasteiger partial charge in [-0.3, -0.25) is 0 Å². The summed E-state index contributed by atoms with van der Waals surface area (Å²) < 4.78 is 3.80. The van der Waals surface area contributed by atoms with E-state index < -0.39 is 0 Å². The Kier molecular flexibility index (Phi) is 3.53. The van der Waals surface area contributed by atoms with E-state index in [0.717, 1.165) is 0 Å². The first-order valence-electron chi connectivity index (χ1n) is 0.851. The molecule has 0 saturated heterocycles. The predicted molar refractivity (Wildman–Crippen MR) is 24.0 cm³/mol. The fourth-order valence-corrected chi connectivity index (χ4v) is 0. The summed E-state index contributed by atoms with van der Waals surface area (Å²) in [6.07, 6.45) is 0. The second-order valence-corrected chi connectivity index (χ2v) is 1.81. The van der Waals surface area contributed by atoms with Gasteiger partial charge in [0, 0.05) is 0 Å². The molecule has 0 N–H and O–H groups in total. The summed E-state index contributed by atoms with van der Waals surface area (Å²) in [4.78, 5) is 0. The molecule has 0 rings (SSSR count). The molecule has 0 aromatic carbocycles. The number of nitrogens with zero attached hydrogens (tertiary/aromatic N) is 1. The Bertz CT molecular complexity index is 60.7. The maximum absolute atomic E-state index is 4.38. The first kappa shape index (κ1) is 5.82. The molecule has 5 heavy (non-hydrogen) atoms. The van der Waals surface area contributed by atoms with Gasteiger partial charge in [0.2, 0.25) is 0 Å². The standard InChI is InChI=1S/CHNS2.V/c2-1(3)4;/h(H,3,4);. The molecule has 0 aliphatic carbocycles. The van der Waals surface area contributed by atoms with Gasteiger partial charge >= 0.3 is 50.2 Å². The molecule has 0 radical (unpaired) electrons. The van der Waals surface area contributed by atoms with Gasteiger partial charge < -0.3 is 0 Å². The van der Waals surface area contributed by atoms with E-state index >= 15 is 0 Å². The summed E-state index contributed by atoms with van der Waals surface area (Å²) in [5.41, 5.74) is 0. The van der Waals surface area contributed by atoms with Gasteiger partial charge in [-0.15, -0.1) is 0 Å². The van der Waals surface area contributed by atoms with Gasteiger partial charge in [-0.05, 0) is 0 Å². The van der Waals surface area contributed by atoms with Crippen LogP contribution >= 0.6 is 24.8 Å². The van der Waals surface area contributed by atoms with Crippen molar-refractivity contribution in [2.24, 2.45) is 3.79 Å². The molecule has 0 aliphatic rings. The van der Waals surface area contributed by atoms with Crippen LogP contribution in [0.15, 0.2) is 3.79 Å². The van der Waals surface area contributed by atoms with Crippen molar-refractivity contribution in [3.63, 3.8) is 0 Å². The molecule has 0 unspecified atom stereocenters. The van der Waals surface area contributed by atoms with Crippen molar-refractivity contribution in [2.75, 3.05) is 0 Å². The van der Waals surface area contributed by atoms with Crippen molar-refractivity contribution >= 4 is 29.2 Å². The van der Waals surface area contributed by atoms with Gasteiger partial charge in [-0.2, -0.15) is 0 Å². The summed E-state index contributed by atoms with van der Waals surface area (Å²) >= 11 is 10.0. The van der Waals surface area contributed by atoms with E-state index in [-0.39, 0.29) is 0 Å². The van der Waals surface area contributed by atoms with Gasteiger partial charge in [0.1, 0.15) is 0 Å². The van der Waals surface area contributed by atoms with Crippen LogP contribution in [0.2, 0.25) is 0 Å². The van der Waals surface area contributed by atoms with Crippen LogP contribution in [0.1, 0.15) is 0 Å². The Morgan fingerprint density at radius 1 is 2.00 bits per heavy atom. The molecule has 0 atom stereocenters. The van der Waals surface area contributed by atoms with E-state index in [2.05, 4.69) is 28.6 Å². The Morgan fingerprint density at radius 3 is 2.20 bits per heavy atom. The van der Waals surface area contributed by atoms with E-state index in [1.807, 2.05) is 17.2 Å². The summed E-state index contributed by atoms with van der Waals surface area (Å²) in [7, 11) is 0. The number of thiol groups is 1. The van der Waals surface area contributed by atoms with Gasteiger partial charge in [0.25, 0.3) is 0 Å². The van der Waals surface area contributed by atoms with Crippen molar-refractivity contribution in [1.29, 1.82) is 0 Å². The molecule has 0 saturated carbocycles. The van der Waals surface area contributed by atoms with E-state index in [1.165, 1.54) is 0 Å². The van der Waals surface area contributed by atoms with Gasteiger partial charge in [-0.1, -0.05) is 0 Å². The molecule has 4 heteroatoms. The fraction of sp³-hybridized carbons (Fsp3) is 0. The number of rotatable bonds is 0. The predicted octanol–water partition coefficient (Wildman–Crippen LogP) is 0.931. The maximum atomic E-state index is 4.38. The van der Waals surface area contributed by atoms with E-state index in [0.29, 0.717) is 4.32 Å². The number of hydrogen-bond donors (Lipinski definition) is 1. The van der Waals surface area contributed by atoms with Crippen molar-refractivity contribution in [3.8, 4) is 0 Å². The molecule has 0 fully saturated rings. The minimum atomic E-state index is 0.380. The van der Waals surface area contributed by atoms with Crippen LogP contribution < -0.4 is 0 Å². The van der Waals surface area contributed by atoms with Gasteiger partial charge in [-0.25, -0.2) is 0 Å². The van der Waals surface area contributed by atoms with E-state index in [9.17, 15) is 0 Å². The summed E-state index contributed by atoms with van der Waals surface area (Å²) in [6, 6.07) is 0. The Hall–Kier alpha value is 0.824. The van der Waals surface area contributed by atoms with Crippen molar-refractivity contribution in [3.05, 3.63) is 0 Å². The summed E-state index contributed by atoms with van der Waals surface area (Å²) in [5, 5.41) is 0. The second-order valence-electron chi connectivity index (χ2n) is 0.383. The van der Waals surface area contributed by atoms with Crippen molar-refractivity contribution in [2.45, 2.75) is 0 Å². The third-order valence-corrected chi connectivity index (χ3v) is 1.06. The zero-order valence-corrected chi connectivity index (χ0v) is 5.36. The normalized spacial score (nSPS) is 6.40. The van der Waals surface area contributed by atoms with E-state index in [1.54, 1.807) is 0 Å². The monoisotopic (exact) mass is 142 g/mol. The fourth-order valence-electron chi connectivity index (χ4n) is 0.